The second kappa shape index (κ2) is 6.51. The molecule has 104 valence electrons. The Hall–Kier alpha value is -0.900. The summed E-state index contributed by atoms with van der Waals surface area (Å²) < 4.78 is 6.76. The number of thiophene rings is 1. The van der Waals surface area contributed by atoms with Gasteiger partial charge < -0.3 is 10.1 Å². The van der Waals surface area contributed by atoms with Gasteiger partial charge in [0.1, 0.15) is 0 Å². The second-order valence-electron chi connectivity index (χ2n) is 5.13. The summed E-state index contributed by atoms with van der Waals surface area (Å²) in [5.74, 6) is 0.567. The van der Waals surface area contributed by atoms with Gasteiger partial charge in [0.25, 0.3) is 0 Å². The van der Waals surface area contributed by atoms with Gasteiger partial charge in [-0.3, -0.25) is 0 Å². The standard InChI is InChI=1S/C16H23NOS/c1-5-17-9-16-14(10-18-4)13-8-12(11(2)3)6-7-15(13)19-16/h6-8,11,17H,5,9-10H2,1-4H3. The fourth-order valence-electron chi connectivity index (χ4n) is 2.26. The van der Waals surface area contributed by atoms with E-state index in [1.54, 1.807) is 7.11 Å². The Labute approximate surface area is 119 Å². The van der Waals surface area contributed by atoms with Gasteiger partial charge in [0, 0.05) is 28.8 Å². The fraction of sp³-hybridized carbons (Fsp3) is 0.500. The molecule has 0 unspecified atom stereocenters. The van der Waals surface area contributed by atoms with E-state index in [1.807, 2.05) is 11.3 Å². The van der Waals surface area contributed by atoms with Gasteiger partial charge >= 0.3 is 0 Å². The first kappa shape index (κ1) is 14.5. The molecule has 0 fully saturated rings. The van der Waals surface area contributed by atoms with Crippen molar-refractivity contribution in [2.75, 3.05) is 13.7 Å². The predicted octanol–water partition coefficient (Wildman–Crippen LogP) is 4.28. The molecule has 0 saturated carbocycles. The number of ether oxygens (including phenoxy) is 1. The molecule has 0 aliphatic heterocycles. The number of benzene rings is 1. The van der Waals surface area contributed by atoms with Crippen LogP contribution in [0.5, 0.6) is 0 Å². The van der Waals surface area contributed by atoms with Crippen molar-refractivity contribution in [2.45, 2.75) is 39.8 Å². The Kier molecular flexibility index (Phi) is 4.97. The average molecular weight is 277 g/mol. The zero-order chi connectivity index (χ0) is 13.8. The van der Waals surface area contributed by atoms with Crippen molar-refractivity contribution in [2.24, 2.45) is 0 Å². The van der Waals surface area contributed by atoms with Crippen molar-refractivity contribution in [3.8, 4) is 0 Å². The summed E-state index contributed by atoms with van der Waals surface area (Å²) in [6.07, 6.45) is 0. The minimum Gasteiger partial charge on any atom is -0.380 e. The third-order valence-electron chi connectivity index (χ3n) is 3.39. The molecule has 0 amide bonds. The molecule has 2 aromatic rings. The maximum atomic E-state index is 5.39. The Morgan fingerprint density at radius 3 is 2.74 bits per heavy atom. The molecule has 1 heterocycles. The lowest BCUT2D eigenvalue weighted by molar-refractivity contribution is 0.185. The minimum atomic E-state index is 0.567. The van der Waals surface area contributed by atoms with Gasteiger partial charge in [0.2, 0.25) is 0 Å². The van der Waals surface area contributed by atoms with Gasteiger partial charge in [-0.05, 0) is 35.5 Å². The summed E-state index contributed by atoms with van der Waals surface area (Å²) >= 11 is 1.88. The van der Waals surface area contributed by atoms with Gasteiger partial charge in [-0.25, -0.2) is 0 Å². The van der Waals surface area contributed by atoms with Crippen LogP contribution >= 0.6 is 11.3 Å². The average Bonchev–Trinajstić information content (AvgIpc) is 2.74. The molecular formula is C16H23NOS. The zero-order valence-corrected chi connectivity index (χ0v) is 13.1. The first-order chi connectivity index (χ1) is 9.17. The molecule has 1 aromatic heterocycles. The van der Waals surface area contributed by atoms with Crippen molar-refractivity contribution >= 4 is 21.4 Å². The summed E-state index contributed by atoms with van der Waals surface area (Å²) in [5, 5.41) is 4.78. The Bertz CT molecular complexity index is 545. The summed E-state index contributed by atoms with van der Waals surface area (Å²) in [4.78, 5) is 1.40. The van der Waals surface area contributed by atoms with Gasteiger partial charge in [0.15, 0.2) is 0 Å². The molecule has 1 N–H and O–H groups in total. The Morgan fingerprint density at radius 2 is 2.11 bits per heavy atom. The molecule has 3 heteroatoms. The Balaban J connectivity index is 2.48. The van der Waals surface area contributed by atoms with E-state index in [2.05, 4.69) is 44.3 Å². The van der Waals surface area contributed by atoms with Crippen molar-refractivity contribution in [3.63, 3.8) is 0 Å². The first-order valence-corrected chi connectivity index (χ1v) is 7.72. The quantitative estimate of drug-likeness (QED) is 0.851. The number of fused-ring (bicyclic) bond motifs is 1. The Morgan fingerprint density at radius 1 is 1.32 bits per heavy atom. The topological polar surface area (TPSA) is 21.3 Å². The van der Waals surface area contributed by atoms with Crippen LogP contribution in [0.25, 0.3) is 10.1 Å². The van der Waals surface area contributed by atoms with Crippen molar-refractivity contribution in [3.05, 3.63) is 34.2 Å². The maximum Gasteiger partial charge on any atom is 0.0730 e. The van der Waals surface area contributed by atoms with Crippen LogP contribution in [0.1, 0.15) is 42.7 Å². The molecule has 2 rings (SSSR count). The first-order valence-electron chi connectivity index (χ1n) is 6.91. The van der Waals surface area contributed by atoms with Crippen LogP contribution in [-0.4, -0.2) is 13.7 Å². The molecule has 0 radical (unpaired) electrons. The molecular weight excluding hydrogens is 254 g/mol. The summed E-state index contributed by atoms with van der Waals surface area (Å²) in [7, 11) is 1.77. The molecule has 19 heavy (non-hydrogen) atoms. The normalized spacial score (nSPS) is 11.6. The molecule has 0 aliphatic rings. The monoisotopic (exact) mass is 277 g/mol. The number of methoxy groups -OCH3 is 1. The highest BCUT2D eigenvalue weighted by Gasteiger charge is 2.13. The van der Waals surface area contributed by atoms with Crippen LogP contribution in [0.4, 0.5) is 0 Å². The minimum absolute atomic E-state index is 0.567. The van der Waals surface area contributed by atoms with Gasteiger partial charge in [-0.15, -0.1) is 11.3 Å². The van der Waals surface area contributed by atoms with Crippen molar-refractivity contribution in [1.29, 1.82) is 0 Å². The number of hydrogen-bond donors (Lipinski definition) is 1. The zero-order valence-electron chi connectivity index (χ0n) is 12.2. The van der Waals surface area contributed by atoms with Crippen LogP contribution in [0.3, 0.4) is 0 Å². The van der Waals surface area contributed by atoms with Crippen LogP contribution in [0, 0.1) is 0 Å². The van der Waals surface area contributed by atoms with E-state index in [4.69, 9.17) is 4.74 Å². The second-order valence-corrected chi connectivity index (χ2v) is 6.26. The van der Waals surface area contributed by atoms with E-state index in [9.17, 15) is 0 Å². The van der Waals surface area contributed by atoms with E-state index in [0.717, 1.165) is 13.1 Å². The number of rotatable bonds is 6. The van der Waals surface area contributed by atoms with Crippen LogP contribution in [-0.2, 0) is 17.9 Å². The summed E-state index contributed by atoms with van der Waals surface area (Å²) in [6.45, 7) is 9.25. The van der Waals surface area contributed by atoms with E-state index < -0.39 is 0 Å². The molecule has 2 nitrogen and oxygen atoms in total. The SMILES string of the molecule is CCNCc1sc2ccc(C(C)C)cc2c1COC. The van der Waals surface area contributed by atoms with E-state index >= 15 is 0 Å². The van der Waals surface area contributed by atoms with Crippen molar-refractivity contribution in [1.82, 2.24) is 5.32 Å². The third-order valence-corrected chi connectivity index (χ3v) is 4.60. The van der Waals surface area contributed by atoms with Crippen LogP contribution in [0.15, 0.2) is 18.2 Å². The van der Waals surface area contributed by atoms with Crippen molar-refractivity contribution < 1.29 is 4.74 Å². The smallest absolute Gasteiger partial charge is 0.0730 e. The van der Waals surface area contributed by atoms with E-state index in [0.29, 0.717) is 12.5 Å². The molecule has 0 saturated heterocycles. The van der Waals surface area contributed by atoms with E-state index in [1.165, 1.54) is 26.1 Å². The molecule has 1 aromatic carbocycles. The highest BCUT2D eigenvalue weighted by atomic mass is 32.1. The highest BCUT2D eigenvalue weighted by molar-refractivity contribution is 7.19. The lowest BCUT2D eigenvalue weighted by Crippen LogP contribution is -2.11. The predicted molar refractivity (Wildman–Crippen MR) is 84.0 cm³/mol. The van der Waals surface area contributed by atoms with Gasteiger partial charge in [-0.1, -0.05) is 26.8 Å². The summed E-state index contributed by atoms with van der Waals surface area (Å²) in [6, 6.07) is 6.83. The number of nitrogens with one attached hydrogen (secondary N) is 1. The highest BCUT2D eigenvalue weighted by Crippen LogP contribution is 2.34. The van der Waals surface area contributed by atoms with Gasteiger partial charge in [0.05, 0.1) is 6.61 Å². The lowest BCUT2D eigenvalue weighted by Gasteiger charge is -2.07. The summed E-state index contributed by atoms with van der Waals surface area (Å²) in [5.41, 5.74) is 2.75. The lowest BCUT2D eigenvalue weighted by atomic mass is 10.0. The van der Waals surface area contributed by atoms with Gasteiger partial charge in [-0.2, -0.15) is 0 Å². The largest absolute Gasteiger partial charge is 0.380 e. The van der Waals surface area contributed by atoms with Crippen LogP contribution < -0.4 is 5.32 Å². The molecule has 0 spiro atoms. The molecule has 0 aliphatic carbocycles. The van der Waals surface area contributed by atoms with Crippen LogP contribution in [0.2, 0.25) is 0 Å². The molecule has 0 atom stereocenters. The molecule has 0 bridgehead atoms. The third kappa shape index (κ3) is 3.16. The fourth-order valence-corrected chi connectivity index (χ4v) is 3.42. The maximum absolute atomic E-state index is 5.39. The van der Waals surface area contributed by atoms with E-state index in [-0.39, 0.29) is 0 Å². The number of hydrogen-bond acceptors (Lipinski definition) is 3.